The van der Waals surface area contributed by atoms with E-state index in [1.54, 1.807) is 0 Å². The molecule has 0 radical (unpaired) electrons. The lowest BCUT2D eigenvalue weighted by atomic mass is 9.91. The molecule has 128 valence electrons. The van der Waals surface area contributed by atoms with Crippen LogP contribution < -0.4 is 0 Å². The van der Waals surface area contributed by atoms with Crippen LogP contribution in [0.5, 0.6) is 0 Å². The zero-order valence-corrected chi connectivity index (χ0v) is 13.5. The molecule has 3 rings (SSSR count). The number of benzene rings is 1. The standard InChI is InChI=1S/C17H19NO6/c1-10(19)22-14-12(8-18)17(20-2)23-13-9-21-16(24-15(13)14)11-6-4-3-5-7-11/h3-7,12-17H,9H2,1-2H3/t12-,13+,14-,15+,16?,17-/m0/s1. The average Bonchev–Trinajstić information content (AvgIpc) is 2.61. The van der Waals surface area contributed by atoms with Gasteiger partial charge in [-0.1, -0.05) is 30.3 Å². The van der Waals surface area contributed by atoms with Crippen molar-refractivity contribution < 1.29 is 28.5 Å². The van der Waals surface area contributed by atoms with E-state index in [0.29, 0.717) is 0 Å². The zero-order chi connectivity index (χ0) is 17.1. The second-order valence-corrected chi connectivity index (χ2v) is 5.68. The number of carbonyl (C=O) groups excluding carboxylic acids is 1. The van der Waals surface area contributed by atoms with Gasteiger partial charge >= 0.3 is 5.97 Å². The summed E-state index contributed by atoms with van der Waals surface area (Å²) in [6, 6.07) is 11.5. The minimum Gasteiger partial charge on any atom is -0.458 e. The van der Waals surface area contributed by atoms with Crippen molar-refractivity contribution in [3.05, 3.63) is 35.9 Å². The van der Waals surface area contributed by atoms with E-state index < -0.39 is 42.8 Å². The molecule has 0 bridgehead atoms. The Morgan fingerprint density at radius 1 is 1.29 bits per heavy atom. The highest BCUT2D eigenvalue weighted by atomic mass is 16.7. The monoisotopic (exact) mass is 333 g/mol. The van der Waals surface area contributed by atoms with Crippen molar-refractivity contribution >= 4 is 5.97 Å². The third-order valence-electron chi connectivity index (χ3n) is 4.09. The number of hydrogen-bond donors (Lipinski definition) is 0. The van der Waals surface area contributed by atoms with Crippen LogP contribution in [0, 0.1) is 17.2 Å². The number of fused-ring (bicyclic) bond motifs is 1. The molecule has 7 heteroatoms. The molecule has 0 aromatic heterocycles. The second-order valence-electron chi connectivity index (χ2n) is 5.68. The van der Waals surface area contributed by atoms with E-state index in [4.69, 9.17) is 23.7 Å². The van der Waals surface area contributed by atoms with Gasteiger partial charge in [0.1, 0.15) is 18.1 Å². The fraction of sp³-hybridized carbons (Fsp3) is 0.529. The zero-order valence-electron chi connectivity index (χ0n) is 13.5. The first-order valence-corrected chi connectivity index (χ1v) is 7.71. The van der Waals surface area contributed by atoms with E-state index in [1.807, 2.05) is 30.3 Å². The summed E-state index contributed by atoms with van der Waals surface area (Å²) < 4.78 is 28.1. The lowest BCUT2D eigenvalue weighted by molar-refractivity contribution is -0.345. The van der Waals surface area contributed by atoms with Crippen molar-refractivity contribution in [2.24, 2.45) is 5.92 Å². The van der Waals surface area contributed by atoms with E-state index in [2.05, 4.69) is 6.07 Å². The number of carbonyl (C=O) groups is 1. The summed E-state index contributed by atoms with van der Waals surface area (Å²) in [6.45, 7) is 1.55. The van der Waals surface area contributed by atoms with Gasteiger partial charge in [0.2, 0.25) is 0 Å². The molecule has 6 atom stereocenters. The number of methoxy groups -OCH3 is 1. The van der Waals surface area contributed by atoms with Crippen molar-refractivity contribution in [3.63, 3.8) is 0 Å². The van der Waals surface area contributed by atoms with E-state index in [1.165, 1.54) is 14.0 Å². The molecule has 0 spiro atoms. The largest absolute Gasteiger partial charge is 0.458 e. The van der Waals surface area contributed by atoms with Crippen LogP contribution in [-0.4, -0.2) is 44.3 Å². The second kappa shape index (κ2) is 7.28. The molecule has 2 aliphatic heterocycles. The lowest BCUT2D eigenvalue weighted by Gasteiger charge is -2.46. The first-order valence-electron chi connectivity index (χ1n) is 7.71. The molecule has 1 aromatic carbocycles. The third kappa shape index (κ3) is 3.28. The van der Waals surface area contributed by atoms with E-state index in [-0.39, 0.29) is 6.61 Å². The fourth-order valence-electron chi connectivity index (χ4n) is 3.02. The van der Waals surface area contributed by atoms with Crippen molar-refractivity contribution in [1.82, 2.24) is 0 Å². The Bertz CT molecular complexity index is 615. The summed E-state index contributed by atoms with van der Waals surface area (Å²) in [5, 5.41) is 9.46. The number of rotatable bonds is 3. The Balaban J connectivity index is 1.85. The van der Waals surface area contributed by atoms with Gasteiger partial charge in [0.15, 0.2) is 18.7 Å². The van der Waals surface area contributed by atoms with Crippen LogP contribution in [0.25, 0.3) is 0 Å². The van der Waals surface area contributed by atoms with Gasteiger partial charge in [0.05, 0.1) is 12.7 Å². The van der Waals surface area contributed by atoms with E-state index in [9.17, 15) is 10.1 Å². The average molecular weight is 333 g/mol. The number of nitriles is 1. The van der Waals surface area contributed by atoms with Gasteiger partial charge in [-0.2, -0.15) is 5.26 Å². The Kier molecular flexibility index (Phi) is 5.11. The molecule has 0 amide bonds. The Hall–Kier alpha value is -1.98. The van der Waals surface area contributed by atoms with Crippen LogP contribution in [0.1, 0.15) is 18.8 Å². The van der Waals surface area contributed by atoms with Gasteiger partial charge < -0.3 is 23.7 Å². The first kappa shape index (κ1) is 16.9. The highest BCUT2D eigenvalue weighted by Gasteiger charge is 2.52. The molecule has 0 saturated carbocycles. The Labute approximate surface area is 140 Å². The summed E-state index contributed by atoms with van der Waals surface area (Å²) >= 11 is 0. The van der Waals surface area contributed by atoms with Crippen LogP contribution >= 0.6 is 0 Å². The van der Waals surface area contributed by atoms with Crippen LogP contribution in [0.4, 0.5) is 0 Å². The molecule has 24 heavy (non-hydrogen) atoms. The number of nitrogens with zero attached hydrogens (tertiary/aromatic N) is 1. The smallest absolute Gasteiger partial charge is 0.303 e. The van der Waals surface area contributed by atoms with E-state index >= 15 is 0 Å². The summed E-state index contributed by atoms with van der Waals surface area (Å²) in [5.74, 6) is -1.27. The molecule has 2 aliphatic rings. The Morgan fingerprint density at radius 2 is 2.04 bits per heavy atom. The number of hydrogen-bond acceptors (Lipinski definition) is 7. The molecule has 2 fully saturated rings. The molecule has 2 saturated heterocycles. The summed E-state index contributed by atoms with van der Waals surface area (Å²) in [7, 11) is 1.44. The van der Waals surface area contributed by atoms with Gasteiger partial charge in [-0.15, -0.1) is 0 Å². The minimum atomic E-state index is -0.805. The van der Waals surface area contributed by atoms with Gasteiger partial charge in [-0.05, 0) is 0 Å². The van der Waals surface area contributed by atoms with Crippen LogP contribution in [-0.2, 0) is 28.5 Å². The summed E-state index contributed by atoms with van der Waals surface area (Å²) in [4.78, 5) is 11.5. The number of esters is 1. The molecule has 0 aliphatic carbocycles. The molecule has 7 nitrogen and oxygen atoms in total. The summed E-state index contributed by atoms with van der Waals surface area (Å²) in [6.07, 6.45) is -3.28. The molecule has 0 N–H and O–H groups in total. The number of ether oxygens (including phenoxy) is 5. The van der Waals surface area contributed by atoms with Gasteiger partial charge in [-0.3, -0.25) is 4.79 Å². The maximum atomic E-state index is 11.5. The van der Waals surface area contributed by atoms with Gasteiger partial charge in [0, 0.05) is 19.6 Å². The molecule has 1 aromatic rings. The van der Waals surface area contributed by atoms with Crippen LogP contribution in [0.15, 0.2) is 30.3 Å². The SMILES string of the molecule is CO[C@H]1O[C@@H]2COC(c3ccccc3)O[C@H]2[C@@H](OC(C)=O)[C@@H]1C#N. The Morgan fingerprint density at radius 3 is 2.67 bits per heavy atom. The quantitative estimate of drug-likeness (QED) is 0.775. The third-order valence-corrected chi connectivity index (χ3v) is 4.09. The van der Waals surface area contributed by atoms with Crippen molar-refractivity contribution in [2.45, 2.75) is 37.8 Å². The first-order chi connectivity index (χ1) is 11.6. The van der Waals surface area contributed by atoms with Crippen LogP contribution in [0.2, 0.25) is 0 Å². The molecule has 1 unspecified atom stereocenters. The van der Waals surface area contributed by atoms with Crippen molar-refractivity contribution in [1.29, 1.82) is 5.26 Å². The molecular formula is C17H19NO6. The fourth-order valence-corrected chi connectivity index (χ4v) is 3.02. The summed E-state index contributed by atoms with van der Waals surface area (Å²) in [5.41, 5.74) is 0.847. The predicted octanol–water partition coefficient (Wildman–Crippen LogP) is 1.54. The maximum absolute atomic E-state index is 11.5. The normalized spacial score (nSPS) is 35.5. The lowest BCUT2D eigenvalue weighted by Crippen LogP contribution is -2.60. The highest BCUT2D eigenvalue weighted by Crippen LogP contribution is 2.37. The minimum absolute atomic E-state index is 0.250. The van der Waals surface area contributed by atoms with Gasteiger partial charge in [0.25, 0.3) is 0 Å². The topological polar surface area (TPSA) is 87.0 Å². The van der Waals surface area contributed by atoms with Crippen LogP contribution in [0.3, 0.4) is 0 Å². The molecular weight excluding hydrogens is 314 g/mol. The highest BCUT2D eigenvalue weighted by molar-refractivity contribution is 5.66. The van der Waals surface area contributed by atoms with E-state index in [0.717, 1.165) is 5.56 Å². The van der Waals surface area contributed by atoms with Crippen molar-refractivity contribution in [3.8, 4) is 6.07 Å². The predicted molar refractivity (Wildman–Crippen MR) is 80.3 cm³/mol. The molecule has 2 heterocycles. The maximum Gasteiger partial charge on any atom is 0.303 e. The van der Waals surface area contributed by atoms with Gasteiger partial charge in [-0.25, -0.2) is 0 Å². The van der Waals surface area contributed by atoms with Crippen molar-refractivity contribution in [2.75, 3.05) is 13.7 Å².